The van der Waals surface area contributed by atoms with Crippen LogP contribution in [0.1, 0.15) is 0 Å². The van der Waals surface area contributed by atoms with Crippen LogP contribution in [0.4, 0.5) is 0 Å². The van der Waals surface area contributed by atoms with Crippen LogP contribution < -0.4 is 51.4 Å². The van der Waals surface area contributed by atoms with Crippen LogP contribution in [-0.2, 0) is 19.1 Å². The van der Waals surface area contributed by atoms with Crippen LogP contribution in [0.3, 0.4) is 0 Å². The summed E-state index contributed by atoms with van der Waals surface area (Å²) >= 11 is 0. The quantitative estimate of drug-likeness (QED) is 0.150. The smallest absolute Gasteiger partial charge is 0.791 e. The molecule has 6 nitrogen and oxygen atoms in total. The average molecular weight is 199 g/mol. The number of carbonyl (C=O) groups is 2. The van der Waals surface area contributed by atoms with Crippen molar-refractivity contribution in [1.82, 2.24) is 0 Å². The second-order valence-electron chi connectivity index (χ2n) is 1.42. The number of nitrogens with zero attached hydrogens (tertiary/aromatic N) is 1. The van der Waals surface area contributed by atoms with Gasteiger partial charge in [-0.05, 0) is 0 Å². The summed E-state index contributed by atoms with van der Waals surface area (Å²) in [5.74, 6) is -2.21. The molecule has 0 aromatic heterocycles. The molecule has 0 saturated heterocycles. The minimum absolute atomic E-state index is 0. The summed E-state index contributed by atoms with van der Waals surface area (Å²) in [7, 11) is 2.05. The van der Waals surface area contributed by atoms with Crippen molar-refractivity contribution in [3.8, 4) is 0 Å². The Balaban J connectivity index is 0. The first kappa shape index (κ1) is 14.6. The van der Waals surface area contributed by atoms with Crippen molar-refractivity contribution in [3.63, 3.8) is 0 Å². The maximum Gasteiger partial charge on any atom is 1.00 e. The topological polar surface area (TPSA) is 88.0 Å². The average Bonchev–Trinajstić information content (AvgIpc) is 2.05. The molecule has 0 rings (SSSR count). The number of methoxy groups -OCH3 is 2. The third kappa shape index (κ3) is 4.17. The molecule has 12 heavy (non-hydrogen) atoms. The molecule has 0 aliphatic heterocycles. The molecule has 0 amide bonds. The Morgan fingerprint density at radius 2 is 1.50 bits per heavy atom. The van der Waals surface area contributed by atoms with Gasteiger partial charge in [0.15, 0.2) is 0 Å². The summed E-state index contributed by atoms with van der Waals surface area (Å²) in [5.41, 5.74) is -0.894. The number of rotatable bonds is 2. The van der Waals surface area contributed by atoms with Gasteiger partial charge in [-0.15, -0.1) is 0 Å². The van der Waals surface area contributed by atoms with E-state index in [0.29, 0.717) is 0 Å². The van der Waals surface area contributed by atoms with Crippen molar-refractivity contribution in [2.75, 3.05) is 14.2 Å². The molecule has 7 heteroatoms. The first-order valence-electron chi connectivity index (χ1n) is 2.54. The molecule has 0 fully saturated rings. The first-order chi connectivity index (χ1) is 5.17. The first-order valence-corrected chi connectivity index (χ1v) is 2.54. The van der Waals surface area contributed by atoms with E-state index in [-0.39, 0.29) is 51.4 Å². The molecule has 0 radical (unpaired) electrons. The van der Waals surface area contributed by atoms with Gasteiger partial charge in [0.05, 0.1) is 14.2 Å². The van der Waals surface area contributed by atoms with Crippen LogP contribution in [0.25, 0.3) is 0 Å². The van der Waals surface area contributed by atoms with Gasteiger partial charge in [0.25, 0.3) is 0 Å². The third-order valence-electron chi connectivity index (χ3n) is 0.849. The van der Waals surface area contributed by atoms with Gasteiger partial charge < -0.3 is 19.8 Å². The van der Waals surface area contributed by atoms with E-state index in [9.17, 15) is 14.8 Å². The standard InChI is InChI=1S/C5H7NO5.K/c1-10-4(7)3(6-9)5(8)11-2;/h9H,1-2H3;/q;+1/p-1. The maximum atomic E-state index is 10.5. The minimum Gasteiger partial charge on any atom is -0.791 e. The van der Waals surface area contributed by atoms with E-state index >= 15 is 0 Å². The summed E-state index contributed by atoms with van der Waals surface area (Å²) in [5, 5.41) is 12.0. The zero-order valence-corrected chi connectivity index (χ0v) is 10.1. The van der Waals surface area contributed by atoms with Crippen LogP contribution in [0, 0.1) is 5.21 Å². The Morgan fingerprint density at radius 1 is 1.17 bits per heavy atom. The van der Waals surface area contributed by atoms with Gasteiger partial charge in [0.2, 0.25) is 5.71 Å². The molecular formula is C5H6KNO5. The molecule has 0 aliphatic carbocycles. The zero-order valence-electron chi connectivity index (χ0n) is 6.99. The van der Waals surface area contributed by atoms with Gasteiger partial charge in [0, 0.05) is 0 Å². The minimum atomic E-state index is -1.10. The molecule has 0 aromatic carbocycles. The van der Waals surface area contributed by atoms with Crippen molar-refractivity contribution < 1.29 is 70.4 Å². The van der Waals surface area contributed by atoms with Gasteiger partial charge >= 0.3 is 63.3 Å². The number of hydrogen-bond donors (Lipinski definition) is 0. The molecule has 0 spiro atoms. The summed E-state index contributed by atoms with van der Waals surface area (Å²) in [6.07, 6.45) is 0. The Kier molecular flexibility index (Phi) is 9.32. The monoisotopic (exact) mass is 199 g/mol. The normalized spacial score (nSPS) is 7.50. The second kappa shape index (κ2) is 7.68. The molecule has 0 saturated carbocycles. The van der Waals surface area contributed by atoms with Crippen LogP contribution in [0.15, 0.2) is 5.16 Å². The van der Waals surface area contributed by atoms with Crippen molar-refractivity contribution >= 4 is 17.7 Å². The predicted molar refractivity (Wildman–Crippen MR) is 34.8 cm³/mol. The van der Waals surface area contributed by atoms with E-state index in [1.165, 1.54) is 0 Å². The second-order valence-corrected chi connectivity index (χ2v) is 1.42. The van der Waals surface area contributed by atoms with E-state index in [1.807, 2.05) is 0 Å². The Hall–Kier alpha value is 0.0464. The molecule has 0 bridgehead atoms. The predicted octanol–water partition coefficient (Wildman–Crippen LogP) is -3.72. The SMILES string of the molecule is COC(=O)C(=N[O-])C(=O)OC.[K+]. The summed E-state index contributed by atoms with van der Waals surface area (Å²) < 4.78 is 8.11. The summed E-state index contributed by atoms with van der Waals surface area (Å²) in [4.78, 5) is 21.0. The van der Waals surface area contributed by atoms with Crippen LogP contribution in [0.5, 0.6) is 0 Å². The maximum absolute atomic E-state index is 10.5. The Labute approximate surface area is 111 Å². The van der Waals surface area contributed by atoms with Gasteiger partial charge in [-0.2, -0.15) is 0 Å². The van der Waals surface area contributed by atoms with Crippen LogP contribution >= 0.6 is 0 Å². The fourth-order valence-electron chi connectivity index (χ4n) is 0.351. The largest absolute Gasteiger partial charge is 1.00 e. The molecule has 0 aliphatic rings. The fraction of sp³-hybridized carbons (Fsp3) is 0.400. The molecular weight excluding hydrogens is 193 g/mol. The Morgan fingerprint density at radius 3 is 1.67 bits per heavy atom. The van der Waals surface area contributed by atoms with Crippen LogP contribution in [0.2, 0.25) is 0 Å². The van der Waals surface area contributed by atoms with Gasteiger partial charge in [0.1, 0.15) is 0 Å². The van der Waals surface area contributed by atoms with E-state index in [4.69, 9.17) is 0 Å². The summed E-state index contributed by atoms with van der Waals surface area (Å²) in [6.45, 7) is 0. The van der Waals surface area contributed by atoms with Gasteiger partial charge in [-0.1, -0.05) is 0 Å². The molecule has 0 N–H and O–H groups in total. The molecule has 0 heterocycles. The van der Waals surface area contributed by atoms with Crippen molar-refractivity contribution in [2.45, 2.75) is 0 Å². The van der Waals surface area contributed by atoms with Crippen LogP contribution in [-0.4, -0.2) is 31.9 Å². The molecule has 0 atom stereocenters. The van der Waals surface area contributed by atoms with E-state index in [2.05, 4.69) is 14.6 Å². The number of carbonyl (C=O) groups excluding carboxylic acids is 2. The fourth-order valence-corrected chi connectivity index (χ4v) is 0.351. The number of hydrogen-bond acceptors (Lipinski definition) is 6. The molecule has 62 valence electrons. The van der Waals surface area contributed by atoms with E-state index in [0.717, 1.165) is 14.2 Å². The van der Waals surface area contributed by atoms with Gasteiger partial charge in [-0.25, -0.2) is 9.59 Å². The zero-order chi connectivity index (χ0) is 8.85. The van der Waals surface area contributed by atoms with Crippen molar-refractivity contribution in [3.05, 3.63) is 5.21 Å². The molecule has 0 aromatic rings. The van der Waals surface area contributed by atoms with Crippen molar-refractivity contribution in [1.29, 1.82) is 0 Å². The Bertz CT molecular complexity index is 184. The number of esters is 2. The molecule has 0 unspecified atom stereocenters. The number of ether oxygens (including phenoxy) is 2. The van der Waals surface area contributed by atoms with E-state index < -0.39 is 17.7 Å². The third-order valence-corrected chi connectivity index (χ3v) is 0.849. The van der Waals surface area contributed by atoms with Crippen molar-refractivity contribution in [2.24, 2.45) is 5.16 Å². The summed E-state index contributed by atoms with van der Waals surface area (Å²) in [6, 6.07) is 0. The van der Waals surface area contributed by atoms with E-state index in [1.54, 1.807) is 0 Å². The van der Waals surface area contributed by atoms with Gasteiger partial charge in [-0.3, -0.25) is 0 Å².